The van der Waals surface area contributed by atoms with Gasteiger partial charge in [-0.3, -0.25) is 0 Å². The highest BCUT2D eigenvalue weighted by Crippen LogP contribution is 2.27. The monoisotopic (exact) mass is 355 g/mol. The van der Waals surface area contributed by atoms with Gasteiger partial charge in [0.15, 0.2) is 0 Å². The van der Waals surface area contributed by atoms with Crippen LogP contribution in [0.5, 0.6) is 5.75 Å². The van der Waals surface area contributed by atoms with E-state index in [2.05, 4.69) is 21.2 Å². The summed E-state index contributed by atoms with van der Waals surface area (Å²) in [6.45, 7) is 2.00. The van der Waals surface area contributed by atoms with Crippen LogP contribution in [0, 0.1) is 11.6 Å². The fourth-order valence-electron chi connectivity index (χ4n) is 1.94. The van der Waals surface area contributed by atoms with E-state index in [4.69, 9.17) is 4.74 Å². The molecule has 0 bridgehead atoms. The number of hydrogen-bond acceptors (Lipinski definition) is 2. The number of hydrogen-bond donors (Lipinski definition) is 1. The highest BCUT2D eigenvalue weighted by Gasteiger charge is 2.12. The van der Waals surface area contributed by atoms with Gasteiger partial charge in [-0.25, -0.2) is 8.78 Å². The third-order valence-electron chi connectivity index (χ3n) is 3.27. The van der Waals surface area contributed by atoms with Crippen LogP contribution < -0.4 is 10.1 Å². The topological polar surface area (TPSA) is 21.3 Å². The summed E-state index contributed by atoms with van der Waals surface area (Å²) in [5.74, 6) is -0.121. The Kier molecular flexibility index (Phi) is 5.31. The third-order valence-corrected chi connectivity index (χ3v) is 3.76. The van der Waals surface area contributed by atoms with Gasteiger partial charge >= 0.3 is 0 Å². The van der Waals surface area contributed by atoms with Crippen molar-refractivity contribution >= 4 is 15.9 Å². The molecule has 1 unspecified atom stereocenters. The minimum absolute atomic E-state index is 0.0644. The lowest BCUT2D eigenvalue weighted by Gasteiger charge is -2.17. The summed E-state index contributed by atoms with van der Waals surface area (Å²) < 4.78 is 33.5. The molecular formula is C16H16BrF2NO. The van der Waals surface area contributed by atoms with Crippen molar-refractivity contribution < 1.29 is 13.5 Å². The molecule has 1 atom stereocenters. The molecule has 0 aliphatic rings. The van der Waals surface area contributed by atoms with Crippen molar-refractivity contribution in [1.29, 1.82) is 0 Å². The van der Waals surface area contributed by atoms with Crippen LogP contribution in [-0.4, -0.2) is 7.05 Å². The van der Waals surface area contributed by atoms with Gasteiger partial charge in [-0.15, -0.1) is 0 Å². The second kappa shape index (κ2) is 7.00. The van der Waals surface area contributed by atoms with Crippen LogP contribution in [0.4, 0.5) is 8.78 Å². The van der Waals surface area contributed by atoms with E-state index in [1.807, 2.05) is 6.92 Å². The maximum absolute atomic E-state index is 13.8. The highest BCUT2D eigenvalue weighted by molar-refractivity contribution is 9.10. The largest absolute Gasteiger partial charge is 0.488 e. The predicted molar refractivity (Wildman–Crippen MR) is 82.3 cm³/mol. The SMILES string of the molecule is CNC(C)c1cc(F)ccc1OCc1ccc(Br)cc1F. The van der Waals surface area contributed by atoms with Crippen LogP contribution in [0.15, 0.2) is 40.9 Å². The molecule has 0 radical (unpaired) electrons. The number of nitrogens with one attached hydrogen (secondary N) is 1. The lowest BCUT2D eigenvalue weighted by molar-refractivity contribution is 0.293. The molecule has 5 heteroatoms. The zero-order valence-electron chi connectivity index (χ0n) is 11.8. The lowest BCUT2D eigenvalue weighted by Crippen LogP contribution is -2.14. The molecule has 2 aromatic rings. The average Bonchev–Trinajstić information content (AvgIpc) is 2.46. The van der Waals surface area contributed by atoms with Crippen LogP contribution in [0.25, 0.3) is 0 Å². The Balaban J connectivity index is 2.19. The fourth-order valence-corrected chi connectivity index (χ4v) is 2.27. The Morgan fingerprint density at radius 1 is 1.19 bits per heavy atom. The van der Waals surface area contributed by atoms with E-state index in [1.165, 1.54) is 18.2 Å². The van der Waals surface area contributed by atoms with Crippen LogP contribution in [-0.2, 0) is 6.61 Å². The molecule has 21 heavy (non-hydrogen) atoms. The van der Waals surface area contributed by atoms with Crippen molar-refractivity contribution in [1.82, 2.24) is 5.32 Å². The van der Waals surface area contributed by atoms with Crippen molar-refractivity contribution in [3.05, 3.63) is 63.6 Å². The average molecular weight is 356 g/mol. The van der Waals surface area contributed by atoms with Gasteiger partial charge in [0.1, 0.15) is 24.0 Å². The molecule has 0 spiro atoms. The maximum Gasteiger partial charge on any atom is 0.130 e. The van der Waals surface area contributed by atoms with Gasteiger partial charge in [0.05, 0.1) is 0 Å². The van der Waals surface area contributed by atoms with E-state index in [1.54, 1.807) is 25.2 Å². The summed E-state index contributed by atoms with van der Waals surface area (Å²) >= 11 is 3.21. The molecule has 2 aromatic carbocycles. The number of halogens is 3. The predicted octanol–water partition coefficient (Wildman–Crippen LogP) is 4.59. The van der Waals surface area contributed by atoms with E-state index < -0.39 is 0 Å². The number of benzene rings is 2. The number of ether oxygens (including phenoxy) is 1. The molecule has 2 nitrogen and oxygen atoms in total. The first-order valence-electron chi connectivity index (χ1n) is 6.54. The van der Waals surface area contributed by atoms with E-state index in [9.17, 15) is 8.78 Å². The van der Waals surface area contributed by atoms with E-state index in [0.29, 0.717) is 21.3 Å². The summed E-state index contributed by atoms with van der Waals surface area (Å²) in [6.07, 6.45) is 0. The quantitative estimate of drug-likeness (QED) is 0.846. The summed E-state index contributed by atoms with van der Waals surface area (Å²) in [4.78, 5) is 0. The molecule has 0 saturated heterocycles. The Morgan fingerprint density at radius 2 is 1.95 bits per heavy atom. The van der Waals surface area contributed by atoms with Crippen molar-refractivity contribution in [2.75, 3.05) is 7.05 Å². The molecule has 0 fully saturated rings. The normalized spacial score (nSPS) is 12.2. The van der Waals surface area contributed by atoms with Gasteiger partial charge in [-0.1, -0.05) is 22.0 Å². The zero-order valence-corrected chi connectivity index (χ0v) is 13.4. The molecule has 0 saturated carbocycles. The van der Waals surface area contributed by atoms with Crippen molar-refractivity contribution in [2.45, 2.75) is 19.6 Å². The molecule has 0 heterocycles. The molecule has 0 aliphatic carbocycles. The molecule has 112 valence electrons. The summed E-state index contributed by atoms with van der Waals surface area (Å²) in [5.41, 5.74) is 1.15. The molecule has 1 N–H and O–H groups in total. The smallest absolute Gasteiger partial charge is 0.130 e. The van der Waals surface area contributed by atoms with Crippen LogP contribution >= 0.6 is 15.9 Å². The van der Waals surface area contributed by atoms with E-state index in [-0.39, 0.29) is 24.3 Å². The fraction of sp³-hybridized carbons (Fsp3) is 0.250. The van der Waals surface area contributed by atoms with Crippen LogP contribution in [0.3, 0.4) is 0 Å². The van der Waals surface area contributed by atoms with Gasteiger partial charge in [0.25, 0.3) is 0 Å². The summed E-state index contributed by atoms with van der Waals surface area (Å²) in [5, 5.41) is 3.04. The first-order valence-corrected chi connectivity index (χ1v) is 7.34. The molecule has 0 aromatic heterocycles. The van der Waals surface area contributed by atoms with Crippen molar-refractivity contribution in [3.8, 4) is 5.75 Å². The van der Waals surface area contributed by atoms with Gasteiger partial charge in [0, 0.05) is 21.6 Å². The maximum atomic E-state index is 13.8. The molecule has 0 amide bonds. The minimum Gasteiger partial charge on any atom is -0.488 e. The van der Waals surface area contributed by atoms with Crippen LogP contribution in [0.2, 0.25) is 0 Å². The summed E-state index contributed by atoms with van der Waals surface area (Å²) in [7, 11) is 1.79. The Bertz CT molecular complexity index is 634. The Morgan fingerprint density at radius 3 is 2.62 bits per heavy atom. The number of rotatable bonds is 5. The lowest BCUT2D eigenvalue weighted by atomic mass is 10.1. The second-order valence-corrected chi connectivity index (χ2v) is 5.63. The van der Waals surface area contributed by atoms with Crippen LogP contribution in [0.1, 0.15) is 24.1 Å². The molecule has 2 rings (SSSR count). The molecular weight excluding hydrogens is 340 g/mol. The van der Waals surface area contributed by atoms with Gasteiger partial charge in [0.2, 0.25) is 0 Å². The van der Waals surface area contributed by atoms with Crippen molar-refractivity contribution in [3.63, 3.8) is 0 Å². The standard InChI is InChI=1S/C16H16BrF2NO/c1-10(20-2)14-8-13(18)5-6-16(14)21-9-11-3-4-12(17)7-15(11)19/h3-8,10,20H,9H2,1-2H3. The van der Waals surface area contributed by atoms with E-state index in [0.717, 1.165) is 0 Å². The van der Waals surface area contributed by atoms with Crippen molar-refractivity contribution in [2.24, 2.45) is 0 Å². The minimum atomic E-state index is -0.338. The Hall–Kier alpha value is -1.46. The summed E-state index contributed by atoms with van der Waals surface area (Å²) in [6, 6.07) is 9.06. The van der Waals surface area contributed by atoms with Gasteiger partial charge in [-0.2, -0.15) is 0 Å². The first-order chi connectivity index (χ1) is 10.0. The highest BCUT2D eigenvalue weighted by atomic mass is 79.9. The van der Waals surface area contributed by atoms with Gasteiger partial charge in [-0.05, 0) is 44.3 Å². The Labute approximate surface area is 131 Å². The third kappa shape index (κ3) is 4.02. The first kappa shape index (κ1) is 15.9. The second-order valence-electron chi connectivity index (χ2n) is 4.72. The zero-order chi connectivity index (χ0) is 15.4. The van der Waals surface area contributed by atoms with Gasteiger partial charge < -0.3 is 10.1 Å². The molecule has 0 aliphatic heterocycles. The van der Waals surface area contributed by atoms with E-state index >= 15 is 0 Å².